The summed E-state index contributed by atoms with van der Waals surface area (Å²) in [6.45, 7) is 7.12. The molecular weight excluding hydrogens is 136 g/mol. The van der Waals surface area contributed by atoms with Crippen LogP contribution >= 0.6 is 0 Å². The number of hydrogen-bond acceptors (Lipinski definition) is 2. The van der Waals surface area contributed by atoms with E-state index >= 15 is 0 Å². The van der Waals surface area contributed by atoms with Crippen molar-refractivity contribution in [1.29, 1.82) is 0 Å². The third-order valence-corrected chi connectivity index (χ3v) is 2.51. The highest BCUT2D eigenvalue weighted by molar-refractivity contribution is 4.71. The second kappa shape index (κ2) is 4.73. The lowest BCUT2D eigenvalue weighted by atomic mass is 9.99. The van der Waals surface area contributed by atoms with E-state index in [4.69, 9.17) is 0 Å². The smallest absolute Gasteiger partial charge is 0.00186 e. The van der Waals surface area contributed by atoms with Crippen LogP contribution in [0, 0.1) is 5.92 Å². The first-order chi connectivity index (χ1) is 5.33. The maximum absolute atomic E-state index is 3.44. The lowest BCUT2D eigenvalue weighted by Gasteiger charge is -2.26. The van der Waals surface area contributed by atoms with Gasteiger partial charge in [-0.2, -0.15) is 0 Å². The summed E-state index contributed by atoms with van der Waals surface area (Å²) in [5, 5.41) is 3.44. The molecule has 0 amide bonds. The van der Waals surface area contributed by atoms with Gasteiger partial charge in [0, 0.05) is 6.54 Å². The molecule has 66 valence electrons. The highest BCUT2D eigenvalue weighted by Crippen LogP contribution is 2.10. The third kappa shape index (κ3) is 3.21. The molecule has 0 aromatic heterocycles. The minimum Gasteiger partial charge on any atom is -0.316 e. The van der Waals surface area contributed by atoms with E-state index in [-0.39, 0.29) is 0 Å². The van der Waals surface area contributed by atoms with E-state index in [1.165, 1.54) is 39.0 Å². The van der Waals surface area contributed by atoms with E-state index < -0.39 is 0 Å². The van der Waals surface area contributed by atoms with Crippen LogP contribution in [-0.2, 0) is 0 Å². The molecule has 0 aliphatic carbocycles. The summed E-state index contributed by atoms with van der Waals surface area (Å²) in [5.41, 5.74) is 0. The number of nitrogens with zero attached hydrogens (tertiary/aromatic N) is 1. The zero-order valence-electron chi connectivity index (χ0n) is 7.77. The molecule has 1 atom stereocenters. The highest BCUT2D eigenvalue weighted by atomic mass is 15.1. The Bertz CT molecular complexity index is 97.7. The fraction of sp³-hybridized carbons (Fsp3) is 1.00. The van der Waals surface area contributed by atoms with Crippen LogP contribution in [0.25, 0.3) is 0 Å². The minimum atomic E-state index is 0.897. The average Bonchev–Trinajstić information content (AvgIpc) is 2.06. The van der Waals surface area contributed by atoms with Crippen LogP contribution < -0.4 is 5.32 Å². The van der Waals surface area contributed by atoms with E-state index in [9.17, 15) is 0 Å². The molecule has 0 aromatic rings. The van der Waals surface area contributed by atoms with Gasteiger partial charge >= 0.3 is 0 Å². The van der Waals surface area contributed by atoms with E-state index in [1.54, 1.807) is 0 Å². The maximum Gasteiger partial charge on any atom is 0.00186 e. The number of hydrogen-bond donors (Lipinski definition) is 1. The Morgan fingerprint density at radius 2 is 2.36 bits per heavy atom. The molecule has 1 saturated heterocycles. The van der Waals surface area contributed by atoms with Gasteiger partial charge in [0.1, 0.15) is 0 Å². The fourth-order valence-corrected chi connectivity index (χ4v) is 1.65. The predicted molar refractivity (Wildman–Crippen MR) is 48.8 cm³/mol. The van der Waals surface area contributed by atoms with Crippen LogP contribution in [0.4, 0.5) is 0 Å². The fourth-order valence-electron chi connectivity index (χ4n) is 1.65. The van der Waals surface area contributed by atoms with Crippen LogP contribution in [0.5, 0.6) is 0 Å². The summed E-state index contributed by atoms with van der Waals surface area (Å²) in [7, 11) is 2.20. The molecule has 2 nitrogen and oxygen atoms in total. The lowest BCUT2D eigenvalue weighted by molar-refractivity contribution is 0.252. The van der Waals surface area contributed by atoms with Gasteiger partial charge < -0.3 is 10.2 Å². The van der Waals surface area contributed by atoms with Crippen LogP contribution in [0.1, 0.15) is 19.8 Å². The first kappa shape index (κ1) is 9.01. The summed E-state index contributed by atoms with van der Waals surface area (Å²) in [5.74, 6) is 0.897. The molecule has 1 aliphatic rings. The van der Waals surface area contributed by atoms with Gasteiger partial charge in [-0.25, -0.2) is 0 Å². The van der Waals surface area contributed by atoms with Crippen LogP contribution in [0.2, 0.25) is 0 Å². The van der Waals surface area contributed by atoms with E-state index in [1.807, 2.05) is 0 Å². The molecule has 2 heteroatoms. The number of rotatable bonds is 3. The Balaban J connectivity index is 2.13. The van der Waals surface area contributed by atoms with Crippen molar-refractivity contribution in [2.75, 3.05) is 33.2 Å². The van der Waals surface area contributed by atoms with Crippen molar-refractivity contribution in [1.82, 2.24) is 10.2 Å². The van der Waals surface area contributed by atoms with Gasteiger partial charge in [0.25, 0.3) is 0 Å². The second-order valence-corrected chi connectivity index (χ2v) is 3.57. The quantitative estimate of drug-likeness (QED) is 0.654. The Hall–Kier alpha value is -0.0800. The summed E-state index contributed by atoms with van der Waals surface area (Å²) in [6.07, 6.45) is 2.78. The van der Waals surface area contributed by atoms with Crippen molar-refractivity contribution in [3.8, 4) is 0 Å². The van der Waals surface area contributed by atoms with Crippen molar-refractivity contribution < 1.29 is 0 Å². The maximum atomic E-state index is 3.44. The van der Waals surface area contributed by atoms with Crippen molar-refractivity contribution >= 4 is 0 Å². The summed E-state index contributed by atoms with van der Waals surface area (Å²) in [4.78, 5) is 2.40. The van der Waals surface area contributed by atoms with Crippen molar-refractivity contribution in [3.05, 3.63) is 0 Å². The molecule has 1 N–H and O–H groups in total. The van der Waals surface area contributed by atoms with Crippen molar-refractivity contribution in [2.45, 2.75) is 19.8 Å². The zero-order valence-corrected chi connectivity index (χ0v) is 7.77. The molecule has 0 bridgehead atoms. The first-order valence-corrected chi connectivity index (χ1v) is 4.72. The average molecular weight is 156 g/mol. The van der Waals surface area contributed by atoms with Crippen molar-refractivity contribution in [2.24, 2.45) is 5.92 Å². The standard InChI is InChI=1S/C9H20N2/c1-3-11(2)8-9-5-4-6-10-7-9/h9-10H,3-8H2,1-2H3. The Kier molecular flexibility index (Phi) is 3.87. The Morgan fingerprint density at radius 1 is 1.55 bits per heavy atom. The molecule has 0 radical (unpaired) electrons. The molecule has 1 unspecified atom stereocenters. The molecule has 1 rings (SSSR count). The molecule has 0 saturated carbocycles. The van der Waals surface area contributed by atoms with E-state index in [2.05, 4.69) is 24.2 Å². The zero-order chi connectivity index (χ0) is 8.10. The lowest BCUT2D eigenvalue weighted by Crippen LogP contribution is -2.36. The molecule has 1 fully saturated rings. The SMILES string of the molecule is CCN(C)CC1CCCNC1. The molecule has 0 aromatic carbocycles. The molecule has 0 spiro atoms. The Morgan fingerprint density at radius 3 is 2.91 bits per heavy atom. The number of nitrogens with one attached hydrogen (secondary N) is 1. The molecular formula is C9H20N2. The topological polar surface area (TPSA) is 15.3 Å². The monoisotopic (exact) mass is 156 g/mol. The summed E-state index contributed by atoms with van der Waals surface area (Å²) < 4.78 is 0. The normalized spacial score (nSPS) is 25.9. The predicted octanol–water partition coefficient (Wildman–Crippen LogP) is 0.938. The minimum absolute atomic E-state index is 0.897. The second-order valence-electron chi connectivity index (χ2n) is 3.57. The van der Waals surface area contributed by atoms with Crippen LogP contribution in [0.15, 0.2) is 0 Å². The van der Waals surface area contributed by atoms with Gasteiger partial charge in [0.15, 0.2) is 0 Å². The van der Waals surface area contributed by atoms with E-state index in [0.717, 1.165) is 5.92 Å². The van der Waals surface area contributed by atoms with Gasteiger partial charge in [0.2, 0.25) is 0 Å². The van der Waals surface area contributed by atoms with Gasteiger partial charge in [-0.15, -0.1) is 0 Å². The Labute approximate surface area is 70.0 Å². The molecule has 1 aliphatic heterocycles. The third-order valence-electron chi connectivity index (χ3n) is 2.51. The van der Waals surface area contributed by atoms with Crippen LogP contribution in [-0.4, -0.2) is 38.1 Å². The van der Waals surface area contributed by atoms with Gasteiger partial charge in [-0.05, 0) is 45.4 Å². The molecule has 11 heavy (non-hydrogen) atoms. The van der Waals surface area contributed by atoms with Gasteiger partial charge in [-0.3, -0.25) is 0 Å². The molecule has 1 heterocycles. The van der Waals surface area contributed by atoms with Gasteiger partial charge in [-0.1, -0.05) is 6.92 Å². The first-order valence-electron chi connectivity index (χ1n) is 4.72. The van der Waals surface area contributed by atoms with Gasteiger partial charge in [0.05, 0.1) is 0 Å². The highest BCUT2D eigenvalue weighted by Gasteiger charge is 2.13. The van der Waals surface area contributed by atoms with Crippen molar-refractivity contribution in [3.63, 3.8) is 0 Å². The summed E-state index contributed by atoms with van der Waals surface area (Å²) in [6, 6.07) is 0. The largest absolute Gasteiger partial charge is 0.316 e. The van der Waals surface area contributed by atoms with E-state index in [0.29, 0.717) is 0 Å². The van der Waals surface area contributed by atoms with Crippen LogP contribution in [0.3, 0.4) is 0 Å². The summed E-state index contributed by atoms with van der Waals surface area (Å²) >= 11 is 0. The number of piperidine rings is 1.